The minimum Gasteiger partial charge on any atom is -0.469 e. The number of benzene rings is 1. The van der Waals surface area contributed by atoms with Gasteiger partial charge in [-0.05, 0) is 39.2 Å². The van der Waals surface area contributed by atoms with Crippen LogP contribution < -0.4 is 5.73 Å². The van der Waals surface area contributed by atoms with E-state index in [1.165, 1.54) is 7.11 Å². The third-order valence-corrected chi connectivity index (χ3v) is 4.87. The maximum atomic E-state index is 12.9. The van der Waals surface area contributed by atoms with Crippen LogP contribution in [0.15, 0.2) is 30.3 Å². The molecule has 2 N–H and O–H groups in total. The number of nitrogens with zero attached hydrogens (tertiary/aromatic N) is 1. The first-order chi connectivity index (χ1) is 12.2. The van der Waals surface area contributed by atoms with Gasteiger partial charge in [-0.15, -0.1) is 0 Å². The molecule has 1 heterocycles. The molecule has 1 aliphatic rings. The molecule has 1 saturated heterocycles. The highest BCUT2D eigenvalue weighted by atomic mass is 16.6. The molecule has 1 aromatic rings. The van der Waals surface area contributed by atoms with Gasteiger partial charge in [0.15, 0.2) is 0 Å². The summed E-state index contributed by atoms with van der Waals surface area (Å²) in [5.74, 6) is -0.563. The number of carbonyl (C=O) groups excluding carboxylic acids is 2. The number of hydrogen-bond donors (Lipinski definition) is 1. The molecule has 1 fully saturated rings. The fourth-order valence-electron chi connectivity index (χ4n) is 3.73. The molecule has 6 nitrogen and oxygen atoms in total. The van der Waals surface area contributed by atoms with Crippen LogP contribution in [-0.2, 0) is 14.3 Å². The summed E-state index contributed by atoms with van der Waals surface area (Å²) in [4.78, 5) is 27.0. The first-order valence-electron chi connectivity index (χ1n) is 9.05. The number of carbonyl (C=O) groups is 2. The van der Waals surface area contributed by atoms with Crippen molar-refractivity contribution in [1.82, 2.24) is 4.90 Å². The molecule has 26 heavy (non-hydrogen) atoms. The van der Waals surface area contributed by atoms with E-state index in [9.17, 15) is 9.59 Å². The lowest BCUT2D eigenvalue weighted by Gasteiger charge is -2.45. The maximum absolute atomic E-state index is 12.9. The third-order valence-electron chi connectivity index (χ3n) is 4.87. The van der Waals surface area contributed by atoms with Crippen LogP contribution in [0.4, 0.5) is 4.79 Å². The number of nitrogens with two attached hydrogens (primary N) is 1. The maximum Gasteiger partial charge on any atom is 0.410 e. The average molecular weight is 362 g/mol. The number of ether oxygens (including phenoxy) is 2. The smallest absolute Gasteiger partial charge is 0.410 e. The van der Waals surface area contributed by atoms with Crippen LogP contribution in [0.2, 0.25) is 0 Å². The predicted molar refractivity (Wildman–Crippen MR) is 99.7 cm³/mol. The van der Waals surface area contributed by atoms with E-state index in [2.05, 4.69) is 0 Å². The van der Waals surface area contributed by atoms with Gasteiger partial charge < -0.3 is 20.1 Å². The molecule has 0 bridgehead atoms. The Bertz CT molecular complexity index is 626. The van der Waals surface area contributed by atoms with Crippen molar-refractivity contribution in [3.05, 3.63) is 35.9 Å². The van der Waals surface area contributed by atoms with E-state index in [0.717, 1.165) is 5.56 Å². The number of methoxy groups -OCH3 is 1. The van der Waals surface area contributed by atoms with Gasteiger partial charge in [0.1, 0.15) is 5.60 Å². The van der Waals surface area contributed by atoms with Gasteiger partial charge in [-0.25, -0.2) is 4.79 Å². The summed E-state index contributed by atoms with van der Waals surface area (Å²) in [5, 5.41) is 0. The lowest BCUT2D eigenvalue weighted by atomic mass is 9.67. The molecule has 1 aromatic carbocycles. The van der Waals surface area contributed by atoms with E-state index >= 15 is 0 Å². The average Bonchev–Trinajstić information content (AvgIpc) is 2.61. The quantitative estimate of drug-likeness (QED) is 0.833. The molecule has 1 aliphatic heterocycles. The van der Waals surface area contributed by atoms with Crippen LogP contribution in [0, 0.1) is 5.41 Å². The Hall–Kier alpha value is -2.08. The van der Waals surface area contributed by atoms with Gasteiger partial charge in [0.25, 0.3) is 0 Å². The summed E-state index contributed by atoms with van der Waals surface area (Å²) in [5.41, 5.74) is 5.61. The van der Waals surface area contributed by atoms with E-state index in [-0.39, 0.29) is 18.4 Å². The molecular weight excluding hydrogens is 332 g/mol. The number of esters is 1. The highest BCUT2D eigenvalue weighted by molar-refractivity contribution is 5.80. The molecule has 2 unspecified atom stereocenters. The van der Waals surface area contributed by atoms with Crippen molar-refractivity contribution < 1.29 is 19.1 Å². The summed E-state index contributed by atoms with van der Waals surface area (Å²) in [7, 11) is 1.38. The van der Waals surface area contributed by atoms with Crippen molar-refractivity contribution >= 4 is 12.1 Å². The zero-order valence-corrected chi connectivity index (χ0v) is 16.2. The zero-order valence-electron chi connectivity index (χ0n) is 16.2. The number of likely N-dealkylation sites (tertiary alicyclic amines) is 1. The van der Waals surface area contributed by atoms with Crippen LogP contribution in [0.1, 0.15) is 45.1 Å². The monoisotopic (exact) mass is 362 g/mol. The van der Waals surface area contributed by atoms with Crippen molar-refractivity contribution in [2.45, 2.75) is 45.1 Å². The number of piperidine rings is 1. The summed E-state index contributed by atoms with van der Waals surface area (Å²) in [6.45, 7) is 6.57. The molecular formula is C20H30N2O4. The van der Waals surface area contributed by atoms with Crippen molar-refractivity contribution in [2.24, 2.45) is 11.1 Å². The zero-order chi connectivity index (χ0) is 19.4. The molecule has 0 spiro atoms. The van der Waals surface area contributed by atoms with Crippen molar-refractivity contribution in [3.8, 4) is 0 Å². The van der Waals surface area contributed by atoms with E-state index in [1.807, 2.05) is 51.1 Å². The molecule has 2 atom stereocenters. The first kappa shape index (κ1) is 20.2. The van der Waals surface area contributed by atoms with E-state index < -0.39 is 17.1 Å². The van der Waals surface area contributed by atoms with Crippen LogP contribution in [-0.4, -0.2) is 49.3 Å². The lowest BCUT2D eigenvalue weighted by Crippen LogP contribution is -2.55. The second-order valence-electron chi connectivity index (χ2n) is 7.85. The number of hydrogen-bond acceptors (Lipinski definition) is 5. The van der Waals surface area contributed by atoms with Crippen molar-refractivity contribution in [3.63, 3.8) is 0 Å². The standard InChI is InChI=1S/C20H30N2O4/c1-19(2,3)26-18(24)22-12-8-11-20(14-22,17(23)25-4)16(13-21)15-9-6-5-7-10-15/h5-7,9-10,16H,8,11-14,21H2,1-4H3. The Morgan fingerprint density at radius 3 is 2.46 bits per heavy atom. The Balaban J connectivity index is 2.36. The SMILES string of the molecule is COC(=O)C1(C(CN)c2ccccc2)CCCN(C(=O)OC(C)(C)C)C1. The van der Waals surface area contributed by atoms with E-state index in [0.29, 0.717) is 25.9 Å². The Morgan fingerprint density at radius 1 is 1.27 bits per heavy atom. The Kier molecular flexibility index (Phi) is 6.29. The van der Waals surface area contributed by atoms with Gasteiger partial charge in [0.05, 0.1) is 12.5 Å². The summed E-state index contributed by atoms with van der Waals surface area (Å²) in [6.07, 6.45) is 0.905. The molecule has 0 radical (unpaired) electrons. The first-order valence-corrected chi connectivity index (χ1v) is 9.05. The van der Waals surface area contributed by atoms with Gasteiger partial charge in [0.2, 0.25) is 0 Å². The third kappa shape index (κ3) is 4.36. The van der Waals surface area contributed by atoms with Gasteiger partial charge in [-0.3, -0.25) is 4.79 Å². The Labute approximate surface area is 155 Å². The highest BCUT2D eigenvalue weighted by Crippen LogP contribution is 2.44. The molecule has 0 saturated carbocycles. The molecule has 0 aliphatic carbocycles. The molecule has 2 rings (SSSR count). The van der Waals surface area contributed by atoms with Crippen LogP contribution >= 0.6 is 0 Å². The lowest BCUT2D eigenvalue weighted by molar-refractivity contribution is -0.158. The predicted octanol–water partition coefficient (Wildman–Crippen LogP) is 2.92. The van der Waals surface area contributed by atoms with E-state index in [1.54, 1.807) is 4.90 Å². The second-order valence-corrected chi connectivity index (χ2v) is 7.85. The summed E-state index contributed by atoms with van der Waals surface area (Å²) in [6, 6.07) is 9.72. The van der Waals surface area contributed by atoms with Crippen LogP contribution in [0.25, 0.3) is 0 Å². The Morgan fingerprint density at radius 2 is 1.92 bits per heavy atom. The minimum absolute atomic E-state index is 0.235. The fraction of sp³-hybridized carbons (Fsp3) is 0.600. The largest absolute Gasteiger partial charge is 0.469 e. The van der Waals surface area contributed by atoms with Gasteiger partial charge >= 0.3 is 12.1 Å². The highest BCUT2D eigenvalue weighted by Gasteiger charge is 2.50. The fourth-order valence-corrected chi connectivity index (χ4v) is 3.73. The number of rotatable bonds is 4. The van der Waals surface area contributed by atoms with Crippen LogP contribution in [0.3, 0.4) is 0 Å². The molecule has 1 amide bonds. The topological polar surface area (TPSA) is 81.9 Å². The van der Waals surface area contributed by atoms with Gasteiger partial charge in [0, 0.05) is 25.6 Å². The van der Waals surface area contributed by atoms with Crippen molar-refractivity contribution in [2.75, 3.05) is 26.7 Å². The molecule has 0 aromatic heterocycles. The molecule has 6 heteroatoms. The van der Waals surface area contributed by atoms with Gasteiger partial charge in [-0.1, -0.05) is 30.3 Å². The molecule has 144 valence electrons. The van der Waals surface area contributed by atoms with Crippen LogP contribution in [0.5, 0.6) is 0 Å². The second kappa shape index (κ2) is 8.08. The normalized spacial score (nSPS) is 21.8. The minimum atomic E-state index is -0.875. The van der Waals surface area contributed by atoms with Crippen molar-refractivity contribution in [1.29, 1.82) is 0 Å². The summed E-state index contributed by atoms with van der Waals surface area (Å²) >= 11 is 0. The van der Waals surface area contributed by atoms with Gasteiger partial charge in [-0.2, -0.15) is 0 Å². The van der Waals surface area contributed by atoms with E-state index in [4.69, 9.17) is 15.2 Å². The summed E-state index contributed by atoms with van der Waals surface area (Å²) < 4.78 is 10.7. The number of amides is 1.